The van der Waals surface area contributed by atoms with Gasteiger partial charge in [0.15, 0.2) is 5.82 Å². The molecule has 1 unspecified atom stereocenters. The maximum Gasteiger partial charge on any atom is 0.338 e. The second-order valence-electron chi connectivity index (χ2n) is 9.00. The topological polar surface area (TPSA) is 115 Å². The van der Waals surface area contributed by atoms with E-state index in [1.807, 2.05) is 45.0 Å². The van der Waals surface area contributed by atoms with Crippen molar-refractivity contribution in [2.45, 2.75) is 70.7 Å². The van der Waals surface area contributed by atoms with Gasteiger partial charge in [-0.25, -0.2) is 19.7 Å². The molecule has 0 bridgehead atoms. The fraction of sp³-hybridized carbons (Fsp3) is 0.440. The van der Waals surface area contributed by atoms with Crippen LogP contribution in [-0.4, -0.2) is 39.0 Å². The van der Waals surface area contributed by atoms with Gasteiger partial charge in [0.2, 0.25) is 5.95 Å². The molecule has 0 amide bonds. The lowest BCUT2D eigenvalue weighted by atomic mass is 9.92. The number of nitrogens with one attached hydrogen (secondary N) is 2. The van der Waals surface area contributed by atoms with E-state index in [1.54, 1.807) is 18.3 Å². The number of benzene rings is 1. The number of nitrogens with zero attached hydrogens (tertiary/aromatic N) is 3. The van der Waals surface area contributed by atoms with E-state index < -0.39 is 6.10 Å². The Kier molecular flexibility index (Phi) is 7.03. The van der Waals surface area contributed by atoms with E-state index in [-0.39, 0.29) is 12.0 Å². The predicted octanol–water partition coefficient (Wildman–Crippen LogP) is 4.44. The Morgan fingerprint density at radius 1 is 1.09 bits per heavy atom. The van der Waals surface area contributed by atoms with Crippen LogP contribution in [0.15, 0.2) is 42.6 Å². The molecule has 1 aliphatic rings. The summed E-state index contributed by atoms with van der Waals surface area (Å²) in [6.45, 7) is 5.91. The number of aromatic nitrogens is 3. The monoisotopic (exact) mass is 448 g/mol. The number of fused-ring (bicyclic) bond motifs is 1. The third-order valence-corrected chi connectivity index (χ3v) is 5.83. The van der Waals surface area contributed by atoms with Gasteiger partial charge in [0, 0.05) is 29.7 Å². The third-order valence-electron chi connectivity index (χ3n) is 5.83. The first kappa shape index (κ1) is 22.9. The van der Waals surface area contributed by atoms with Crippen molar-refractivity contribution in [2.24, 2.45) is 5.73 Å². The van der Waals surface area contributed by atoms with E-state index in [4.69, 9.17) is 20.4 Å². The summed E-state index contributed by atoms with van der Waals surface area (Å²) in [5, 5.41) is 7.67. The predicted molar refractivity (Wildman–Crippen MR) is 130 cm³/mol. The summed E-state index contributed by atoms with van der Waals surface area (Å²) in [6.07, 6.45) is 5.31. The number of anilines is 2. The van der Waals surface area contributed by atoms with Gasteiger partial charge >= 0.3 is 5.97 Å². The van der Waals surface area contributed by atoms with Crippen molar-refractivity contribution in [3.8, 4) is 0 Å². The molecule has 33 heavy (non-hydrogen) atoms. The first-order valence-corrected chi connectivity index (χ1v) is 11.6. The molecule has 0 aliphatic heterocycles. The minimum Gasteiger partial charge on any atom is -0.453 e. The number of carbonyl (C=O) groups excluding carboxylic acids is 1. The van der Waals surface area contributed by atoms with E-state index in [2.05, 4.69) is 15.6 Å². The fourth-order valence-electron chi connectivity index (χ4n) is 4.02. The molecule has 1 saturated carbocycles. The lowest BCUT2D eigenvalue weighted by Gasteiger charge is -2.26. The maximum atomic E-state index is 12.5. The van der Waals surface area contributed by atoms with Crippen molar-refractivity contribution < 1.29 is 9.53 Å². The zero-order valence-electron chi connectivity index (χ0n) is 19.4. The summed E-state index contributed by atoms with van der Waals surface area (Å²) >= 11 is 0. The number of rotatable bonds is 7. The Hall–Kier alpha value is -3.26. The Labute approximate surface area is 194 Å². The van der Waals surface area contributed by atoms with Crippen LogP contribution in [0.2, 0.25) is 0 Å². The van der Waals surface area contributed by atoms with Gasteiger partial charge in [-0.15, -0.1) is 0 Å². The number of pyridine rings is 1. The Bertz CT molecular complexity index is 1100. The third kappa shape index (κ3) is 5.76. The normalized spacial score (nSPS) is 19.3. The molecule has 1 aromatic carbocycles. The molecule has 2 heterocycles. The number of carbonyl (C=O) groups is 1. The van der Waals surface area contributed by atoms with Gasteiger partial charge in [-0.3, -0.25) is 0 Å². The largest absolute Gasteiger partial charge is 0.453 e. The van der Waals surface area contributed by atoms with Gasteiger partial charge in [0.1, 0.15) is 11.6 Å². The summed E-state index contributed by atoms with van der Waals surface area (Å²) in [5.41, 5.74) is 7.91. The highest BCUT2D eigenvalue weighted by Crippen LogP contribution is 2.28. The lowest BCUT2D eigenvalue weighted by molar-refractivity contribution is 0.0330. The van der Waals surface area contributed by atoms with Crippen LogP contribution in [0, 0.1) is 0 Å². The van der Waals surface area contributed by atoms with Gasteiger partial charge < -0.3 is 21.1 Å². The second kappa shape index (κ2) is 10.1. The molecule has 0 spiro atoms. The van der Waals surface area contributed by atoms with E-state index in [0.29, 0.717) is 35.1 Å². The highest BCUT2D eigenvalue weighted by atomic mass is 16.5. The second-order valence-corrected chi connectivity index (χ2v) is 9.00. The molecule has 1 atom stereocenters. The number of nitrogens with two attached hydrogens (primary N) is 1. The Morgan fingerprint density at radius 3 is 2.52 bits per heavy atom. The van der Waals surface area contributed by atoms with Crippen molar-refractivity contribution in [3.05, 3.63) is 53.9 Å². The van der Waals surface area contributed by atoms with Crippen LogP contribution in [0.4, 0.5) is 11.8 Å². The number of esters is 1. The van der Waals surface area contributed by atoms with Gasteiger partial charge in [0.25, 0.3) is 0 Å². The number of ether oxygens (including phenoxy) is 1. The zero-order chi connectivity index (χ0) is 23.4. The average Bonchev–Trinajstić information content (AvgIpc) is 2.81. The lowest BCUT2D eigenvalue weighted by Crippen LogP contribution is -2.33. The number of hydrogen-bond acceptors (Lipinski definition) is 8. The molecule has 174 valence electrons. The minimum absolute atomic E-state index is 0.157. The first-order valence-electron chi connectivity index (χ1n) is 11.6. The zero-order valence-corrected chi connectivity index (χ0v) is 19.4. The highest BCUT2D eigenvalue weighted by Gasteiger charge is 2.21. The Balaban J connectivity index is 1.58. The number of hydrogen-bond donors (Lipinski definition) is 3. The summed E-state index contributed by atoms with van der Waals surface area (Å²) in [6, 6.07) is 11.6. The average molecular weight is 449 g/mol. The van der Waals surface area contributed by atoms with Crippen molar-refractivity contribution in [1.29, 1.82) is 0 Å². The van der Waals surface area contributed by atoms with Gasteiger partial charge in [-0.2, -0.15) is 0 Å². The minimum atomic E-state index is -0.529. The summed E-state index contributed by atoms with van der Waals surface area (Å²) < 4.78 is 5.67. The van der Waals surface area contributed by atoms with E-state index in [9.17, 15) is 4.79 Å². The van der Waals surface area contributed by atoms with Crippen LogP contribution in [0.3, 0.4) is 0 Å². The first-order chi connectivity index (χ1) is 15.9. The fourth-order valence-corrected chi connectivity index (χ4v) is 4.02. The molecule has 8 heteroatoms. The molecule has 4 rings (SSSR count). The van der Waals surface area contributed by atoms with E-state index in [0.717, 1.165) is 36.6 Å². The molecular weight excluding hydrogens is 416 g/mol. The quantitative estimate of drug-likeness (QED) is 0.454. The van der Waals surface area contributed by atoms with Gasteiger partial charge in [-0.05, 0) is 64.7 Å². The van der Waals surface area contributed by atoms with E-state index in [1.165, 1.54) is 0 Å². The highest BCUT2D eigenvalue weighted by molar-refractivity contribution is 5.90. The summed E-state index contributed by atoms with van der Waals surface area (Å²) in [7, 11) is 0. The molecule has 4 N–H and O–H groups in total. The van der Waals surface area contributed by atoms with Crippen LogP contribution < -0.4 is 16.4 Å². The summed E-state index contributed by atoms with van der Waals surface area (Å²) in [4.78, 5) is 26.6. The van der Waals surface area contributed by atoms with Crippen molar-refractivity contribution in [1.82, 2.24) is 15.0 Å². The van der Waals surface area contributed by atoms with Crippen molar-refractivity contribution in [3.63, 3.8) is 0 Å². The van der Waals surface area contributed by atoms with Crippen LogP contribution in [0.1, 0.15) is 68.6 Å². The molecule has 2 aromatic heterocycles. The van der Waals surface area contributed by atoms with Crippen LogP contribution in [-0.2, 0) is 4.74 Å². The Morgan fingerprint density at radius 2 is 1.82 bits per heavy atom. The van der Waals surface area contributed by atoms with E-state index >= 15 is 0 Å². The van der Waals surface area contributed by atoms with Gasteiger partial charge in [0.05, 0.1) is 11.3 Å². The molecular formula is C25H32N6O2. The van der Waals surface area contributed by atoms with Crippen molar-refractivity contribution in [2.75, 3.05) is 10.6 Å². The van der Waals surface area contributed by atoms with Crippen molar-refractivity contribution >= 4 is 28.6 Å². The van der Waals surface area contributed by atoms with Crippen LogP contribution >= 0.6 is 0 Å². The molecule has 0 saturated heterocycles. The SMILES string of the molecule is CC(C)Nc1nc(C(C)OC(=O)c2ccccc2)cc2cnc(NC3CCC(N)CC3)nc12. The van der Waals surface area contributed by atoms with Crippen LogP contribution in [0.5, 0.6) is 0 Å². The molecule has 1 aliphatic carbocycles. The maximum absolute atomic E-state index is 12.5. The summed E-state index contributed by atoms with van der Waals surface area (Å²) in [5.74, 6) is 0.857. The molecule has 8 nitrogen and oxygen atoms in total. The van der Waals surface area contributed by atoms with Crippen LogP contribution in [0.25, 0.3) is 10.9 Å². The molecule has 0 radical (unpaired) electrons. The molecule has 3 aromatic rings. The molecule has 1 fully saturated rings. The smallest absolute Gasteiger partial charge is 0.338 e. The standard InChI is InChI=1S/C25H32N6O2/c1-15(2)28-23-22-18(14-27-25(31-22)29-20-11-9-19(26)10-12-20)13-21(30-23)16(3)33-24(32)17-7-5-4-6-8-17/h4-8,13-16,19-20H,9-12,26H2,1-3H3,(H,28,30)(H,27,29,31). The van der Waals surface area contributed by atoms with Gasteiger partial charge in [-0.1, -0.05) is 18.2 Å².